The molecule has 2 aliphatic rings. The van der Waals surface area contributed by atoms with E-state index < -0.39 is 10.0 Å². The molecule has 0 radical (unpaired) electrons. The summed E-state index contributed by atoms with van der Waals surface area (Å²) in [6.07, 6.45) is 2.12. The Hall–Kier alpha value is -2.32. The highest BCUT2D eigenvalue weighted by Gasteiger charge is 2.36. The van der Waals surface area contributed by atoms with Crippen LogP contribution in [0.25, 0.3) is 0 Å². The molecule has 1 atom stereocenters. The molecule has 1 aromatic carbocycles. The molecule has 2 aromatic rings. The Morgan fingerprint density at radius 3 is 2.88 bits per heavy atom. The van der Waals surface area contributed by atoms with Crippen LogP contribution >= 0.6 is 0 Å². The van der Waals surface area contributed by atoms with Gasteiger partial charge in [-0.3, -0.25) is 4.98 Å². The molecule has 8 heteroatoms. The monoisotopic (exact) mass is 376 g/mol. The van der Waals surface area contributed by atoms with Gasteiger partial charge in [0, 0.05) is 12.7 Å². The second-order valence-electron chi connectivity index (χ2n) is 6.26. The van der Waals surface area contributed by atoms with Gasteiger partial charge in [-0.05, 0) is 37.6 Å². The fourth-order valence-electron chi connectivity index (χ4n) is 3.17. The van der Waals surface area contributed by atoms with Crippen LogP contribution in [0.15, 0.2) is 41.4 Å². The number of rotatable bonds is 4. The van der Waals surface area contributed by atoms with Crippen LogP contribution in [0.5, 0.6) is 17.2 Å². The Morgan fingerprint density at radius 1 is 1.19 bits per heavy atom. The molecule has 3 heterocycles. The fraction of sp³-hybridized carbons (Fsp3) is 0.389. The van der Waals surface area contributed by atoms with Crippen molar-refractivity contribution in [3.8, 4) is 17.2 Å². The van der Waals surface area contributed by atoms with Gasteiger partial charge in [0.2, 0.25) is 10.0 Å². The highest BCUT2D eigenvalue weighted by molar-refractivity contribution is 7.89. The van der Waals surface area contributed by atoms with E-state index in [2.05, 4.69) is 4.98 Å². The summed E-state index contributed by atoms with van der Waals surface area (Å²) in [6, 6.07) is 8.60. The molecule has 0 N–H and O–H groups in total. The summed E-state index contributed by atoms with van der Waals surface area (Å²) < 4.78 is 44.6. The third-order valence-electron chi connectivity index (χ3n) is 4.51. The first-order valence-electron chi connectivity index (χ1n) is 8.53. The van der Waals surface area contributed by atoms with Gasteiger partial charge in [0.15, 0.2) is 11.5 Å². The molecular weight excluding hydrogens is 356 g/mol. The molecule has 1 aromatic heterocycles. The van der Waals surface area contributed by atoms with E-state index in [9.17, 15) is 8.42 Å². The van der Waals surface area contributed by atoms with E-state index in [0.717, 1.165) is 5.69 Å². The van der Waals surface area contributed by atoms with Gasteiger partial charge in [-0.2, -0.15) is 4.31 Å². The van der Waals surface area contributed by atoms with E-state index in [4.69, 9.17) is 14.2 Å². The number of fused-ring (bicyclic) bond motifs is 1. The highest BCUT2D eigenvalue weighted by atomic mass is 32.2. The number of ether oxygens (including phenoxy) is 3. The van der Waals surface area contributed by atoms with Gasteiger partial charge in [0.1, 0.15) is 30.0 Å². The third-order valence-corrected chi connectivity index (χ3v) is 6.40. The molecule has 1 fully saturated rings. The van der Waals surface area contributed by atoms with Crippen molar-refractivity contribution >= 4 is 10.0 Å². The molecule has 1 saturated heterocycles. The topological polar surface area (TPSA) is 78.0 Å². The number of hydrogen-bond acceptors (Lipinski definition) is 6. The average molecular weight is 376 g/mol. The standard InChI is InChI=1S/C18H20N2O5S/c1-13-15(5-3-8-19-13)25-14-7-9-20(12-14)26(21,22)17-6-2-4-16-18(17)24-11-10-23-16/h2-6,8,14H,7,9-12H2,1H3. The van der Waals surface area contributed by atoms with Gasteiger partial charge >= 0.3 is 0 Å². The summed E-state index contributed by atoms with van der Waals surface area (Å²) in [5.74, 6) is 1.45. The largest absolute Gasteiger partial charge is 0.487 e. The molecule has 4 rings (SSSR count). The predicted molar refractivity (Wildman–Crippen MR) is 94.2 cm³/mol. The van der Waals surface area contributed by atoms with Gasteiger partial charge in [0.05, 0.1) is 12.2 Å². The first-order chi connectivity index (χ1) is 12.6. The molecule has 26 heavy (non-hydrogen) atoms. The number of aromatic nitrogens is 1. The van der Waals surface area contributed by atoms with E-state index >= 15 is 0 Å². The van der Waals surface area contributed by atoms with E-state index in [1.165, 1.54) is 4.31 Å². The molecule has 7 nitrogen and oxygen atoms in total. The van der Waals surface area contributed by atoms with Gasteiger partial charge in [-0.25, -0.2) is 8.42 Å². The minimum absolute atomic E-state index is 0.146. The van der Waals surface area contributed by atoms with Crippen LogP contribution in [-0.4, -0.2) is 50.1 Å². The van der Waals surface area contributed by atoms with E-state index in [1.807, 2.05) is 13.0 Å². The van der Waals surface area contributed by atoms with Crippen LogP contribution in [0.1, 0.15) is 12.1 Å². The van der Waals surface area contributed by atoms with Crippen molar-refractivity contribution < 1.29 is 22.6 Å². The molecule has 0 saturated carbocycles. The molecular formula is C18H20N2O5S. The van der Waals surface area contributed by atoms with Gasteiger partial charge in [-0.1, -0.05) is 6.07 Å². The number of aryl methyl sites for hydroxylation is 1. The molecule has 0 bridgehead atoms. The van der Waals surface area contributed by atoms with Crippen molar-refractivity contribution in [3.05, 3.63) is 42.2 Å². The quantitative estimate of drug-likeness (QED) is 0.812. The SMILES string of the molecule is Cc1ncccc1OC1CCN(S(=O)(=O)c2cccc3c2OCCO3)C1. The van der Waals surface area contributed by atoms with Crippen LogP contribution in [0, 0.1) is 6.92 Å². The maximum absolute atomic E-state index is 13.1. The van der Waals surface area contributed by atoms with Crippen molar-refractivity contribution in [1.29, 1.82) is 0 Å². The predicted octanol–water partition coefficient (Wildman–Crippen LogP) is 2.00. The van der Waals surface area contributed by atoms with Crippen LogP contribution < -0.4 is 14.2 Å². The normalized spacial score (nSPS) is 20.1. The van der Waals surface area contributed by atoms with Gasteiger partial charge < -0.3 is 14.2 Å². The minimum atomic E-state index is -3.68. The van der Waals surface area contributed by atoms with Crippen molar-refractivity contribution in [1.82, 2.24) is 9.29 Å². The Bertz CT molecular complexity index is 916. The zero-order valence-corrected chi connectivity index (χ0v) is 15.2. The third kappa shape index (κ3) is 3.10. The second-order valence-corrected chi connectivity index (χ2v) is 8.17. The summed E-state index contributed by atoms with van der Waals surface area (Å²) >= 11 is 0. The fourth-order valence-corrected chi connectivity index (χ4v) is 4.81. The first-order valence-corrected chi connectivity index (χ1v) is 9.97. The van der Waals surface area contributed by atoms with E-state index in [1.54, 1.807) is 30.5 Å². The molecule has 0 amide bonds. The molecule has 0 aliphatic carbocycles. The van der Waals surface area contributed by atoms with Crippen LogP contribution in [0.3, 0.4) is 0 Å². The Balaban J connectivity index is 1.54. The maximum atomic E-state index is 13.1. The van der Waals surface area contributed by atoms with Crippen LogP contribution in [0.2, 0.25) is 0 Å². The summed E-state index contributed by atoms with van der Waals surface area (Å²) in [7, 11) is -3.68. The Kier molecular flexibility index (Phi) is 4.46. The number of para-hydroxylation sites is 1. The maximum Gasteiger partial charge on any atom is 0.247 e. The summed E-state index contributed by atoms with van der Waals surface area (Å²) in [5.41, 5.74) is 0.788. The summed E-state index contributed by atoms with van der Waals surface area (Å²) in [4.78, 5) is 4.34. The lowest BCUT2D eigenvalue weighted by molar-refractivity contribution is 0.166. The van der Waals surface area contributed by atoms with Crippen molar-refractivity contribution in [2.45, 2.75) is 24.3 Å². The van der Waals surface area contributed by atoms with Gasteiger partial charge in [0.25, 0.3) is 0 Å². The van der Waals surface area contributed by atoms with E-state index in [0.29, 0.717) is 50.0 Å². The second kappa shape index (κ2) is 6.77. The lowest BCUT2D eigenvalue weighted by Crippen LogP contribution is -2.32. The number of hydrogen-bond donors (Lipinski definition) is 0. The number of sulfonamides is 1. The Labute approximate surface area is 152 Å². The Morgan fingerprint density at radius 2 is 2.04 bits per heavy atom. The molecule has 0 spiro atoms. The number of benzene rings is 1. The number of nitrogens with zero attached hydrogens (tertiary/aromatic N) is 2. The smallest absolute Gasteiger partial charge is 0.247 e. The average Bonchev–Trinajstić information content (AvgIpc) is 3.12. The van der Waals surface area contributed by atoms with Gasteiger partial charge in [-0.15, -0.1) is 0 Å². The zero-order chi connectivity index (χ0) is 18.1. The van der Waals surface area contributed by atoms with E-state index in [-0.39, 0.29) is 11.0 Å². The minimum Gasteiger partial charge on any atom is -0.487 e. The summed E-state index contributed by atoms with van der Waals surface area (Å²) in [5, 5.41) is 0. The van der Waals surface area contributed by atoms with Crippen LogP contribution in [0.4, 0.5) is 0 Å². The molecule has 138 valence electrons. The molecule has 1 unspecified atom stereocenters. The first kappa shape index (κ1) is 17.1. The van der Waals surface area contributed by atoms with Crippen molar-refractivity contribution in [2.24, 2.45) is 0 Å². The summed E-state index contributed by atoms with van der Waals surface area (Å²) in [6.45, 7) is 3.32. The number of pyridine rings is 1. The zero-order valence-electron chi connectivity index (χ0n) is 14.4. The molecule has 2 aliphatic heterocycles. The lowest BCUT2D eigenvalue weighted by atomic mass is 10.3. The van der Waals surface area contributed by atoms with Crippen LogP contribution in [-0.2, 0) is 10.0 Å². The highest BCUT2D eigenvalue weighted by Crippen LogP contribution is 2.38. The van der Waals surface area contributed by atoms with Crippen molar-refractivity contribution in [2.75, 3.05) is 26.3 Å². The lowest BCUT2D eigenvalue weighted by Gasteiger charge is -2.23. The van der Waals surface area contributed by atoms with Crippen molar-refractivity contribution in [3.63, 3.8) is 0 Å².